The summed E-state index contributed by atoms with van der Waals surface area (Å²) in [5.74, 6) is -0.725. The lowest BCUT2D eigenvalue weighted by Crippen LogP contribution is -2.40. The Morgan fingerprint density at radius 3 is 2.62 bits per heavy atom. The Balaban J connectivity index is 2.03. The van der Waals surface area contributed by atoms with Crippen LogP contribution < -0.4 is 5.32 Å². The maximum Gasteiger partial charge on any atom is 0.358 e. The molecule has 21 heavy (non-hydrogen) atoms. The monoisotopic (exact) mass is 312 g/mol. The summed E-state index contributed by atoms with van der Waals surface area (Å²) in [4.78, 5) is 28.0. The molecule has 2 rings (SSSR count). The molecule has 0 spiro atoms. The van der Waals surface area contributed by atoms with Crippen molar-refractivity contribution >= 4 is 28.2 Å². The molecule has 1 heterocycles. The van der Waals surface area contributed by atoms with Gasteiger partial charge in [-0.3, -0.25) is 4.79 Å². The number of nitrogens with one attached hydrogen (secondary N) is 1. The summed E-state index contributed by atoms with van der Waals surface area (Å²) >= 11 is 1.20. The molecule has 1 aliphatic rings. The minimum Gasteiger partial charge on any atom is -0.461 e. The standard InChI is InChI=1S/C14H20N2O4S/c1-4-19-10-6-9(7-10)15-14-16-11(13(18)20-5-2)12(21-14)8(3)17/h9-10H,4-7H2,1-3H3,(H,15,16). The second kappa shape index (κ2) is 7.00. The molecule has 0 amide bonds. The van der Waals surface area contributed by atoms with Crippen LogP contribution in [0.1, 0.15) is 53.8 Å². The third-order valence-corrected chi connectivity index (χ3v) is 4.33. The molecule has 7 heteroatoms. The van der Waals surface area contributed by atoms with Gasteiger partial charge in [-0.1, -0.05) is 11.3 Å². The summed E-state index contributed by atoms with van der Waals surface area (Å²) in [6.45, 7) is 6.10. The van der Waals surface area contributed by atoms with Gasteiger partial charge in [-0.05, 0) is 26.7 Å². The smallest absolute Gasteiger partial charge is 0.358 e. The van der Waals surface area contributed by atoms with Crippen molar-refractivity contribution in [3.63, 3.8) is 0 Å². The van der Waals surface area contributed by atoms with Crippen LogP contribution in [0.5, 0.6) is 0 Å². The topological polar surface area (TPSA) is 77.5 Å². The molecule has 0 aromatic carbocycles. The second-order valence-corrected chi connectivity index (χ2v) is 5.86. The zero-order chi connectivity index (χ0) is 15.4. The van der Waals surface area contributed by atoms with Crippen molar-refractivity contribution in [1.29, 1.82) is 0 Å². The number of Topliss-reactive ketones (excluding diaryl/α,β-unsaturated/α-hetero) is 1. The van der Waals surface area contributed by atoms with E-state index in [1.807, 2.05) is 6.92 Å². The molecule has 0 radical (unpaired) electrons. The molecule has 1 fully saturated rings. The summed E-state index contributed by atoms with van der Waals surface area (Å²) < 4.78 is 10.4. The Labute approximate surface area is 127 Å². The van der Waals surface area contributed by atoms with Crippen molar-refractivity contribution in [1.82, 2.24) is 4.98 Å². The highest BCUT2D eigenvalue weighted by Crippen LogP contribution is 2.30. The van der Waals surface area contributed by atoms with Crippen LogP contribution in [0.2, 0.25) is 0 Å². The third-order valence-electron chi connectivity index (χ3n) is 3.24. The molecule has 6 nitrogen and oxygen atoms in total. The van der Waals surface area contributed by atoms with Crippen molar-refractivity contribution in [2.45, 2.75) is 45.8 Å². The fourth-order valence-corrected chi connectivity index (χ4v) is 3.11. The number of rotatable bonds is 7. The van der Waals surface area contributed by atoms with Crippen molar-refractivity contribution in [3.8, 4) is 0 Å². The predicted octanol–water partition coefficient (Wildman–Crippen LogP) is 2.50. The van der Waals surface area contributed by atoms with Gasteiger partial charge in [0.25, 0.3) is 0 Å². The Kier molecular flexibility index (Phi) is 5.30. The number of esters is 1. The maximum atomic E-state index is 11.8. The van der Waals surface area contributed by atoms with Gasteiger partial charge in [0.2, 0.25) is 0 Å². The summed E-state index contributed by atoms with van der Waals surface area (Å²) in [6, 6.07) is 0.280. The summed E-state index contributed by atoms with van der Waals surface area (Å²) in [5, 5.41) is 3.83. The molecule has 1 saturated carbocycles. The maximum absolute atomic E-state index is 11.8. The van der Waals surface area contributed by atoms with E-state index in [2.05, 4.69) is 10.3 Å². The van der Waals surface area contributed by atoms with Gasteiger partial charge in [0, 0.05) is 19.6 Å². The van der Waals surface area contributed by atoms with Crippen LogP contribution in [0.25, 0.3) is 0 Å². The average molecular weight is 312 g/mol. The van der Waals surface area contributed by atoms with E-state index in [0.717, 1.165) is 19.4 Å². The molecule has 0 saturated heterocycles. The van der Waals surface area contributed by atoms with Crippen LogP contribution >= 0.6 is 11.3 Å². The van der Waals surface area contributed by atoms with Crippen molar-refractivity contribution < 1.29 is 19.1 Å². The summed E-state index contributed by atoms with van der Waals surface area (Å²) in [7, 11) is 0. The normalized spacial score (nSPS) is 20.7. The molecule has 1 aliphatic carbocycles. The second-order valence-electron chi connectivity index (χ2n) is 4.86. The van der Waals surface area contributed by atoms with E-state index in [9.17, 15) is 9.59 Å². The molecule has 0 unspecified atom stereocenters. The Morgan fingerprint density at radius 1 is 1.33 bits per heavy atom. The fourth-order valence-electron chi connectivity index (χ4n) is 2.19. The predicted molar refractivity (Wildman–Crippen MR) is 80.1 cm³/mol. The van der Waals surface area contributed by atoms with E-state index in [0.29, 0.717) is 16.1 Å². The van der Waals surface area contributed by atoms with Gasteiger partial charge >= 0.3 is 5.97 Å². The minimum atomic E-state index is -0.548. The lowest BCUT2D eigenvalue weighted by Gasteiger charge is -2.35. The van der Waals surface area contributed by atoms with E-state index < -0.39 is 5.97 Å². The van der Waals surface area contributed by atoms with Crippen molar-refractivity contribution in [2.75, 3.05) is 18.5 Å². The number of ketones is 1. The molecule has 1 N–H and O–H groups in total. The minimum absolute atomic E-state index is 0.109. The Hall–Kier alpha value is -1.47. The molecular weight excluding hydrogens is 292 g/mol. The van der Waals surface area contributed by atoms with E-state index in [1.54, 1.807) is 6.92 Å². The summed E-state index contributed by atoms with van der Waals surface area (Å²) in [5.41, 5.74) is 0.109. The highest BCUT2D eigenvalue weighted by molar-refractivity contribution is 7.17. The molecule has 1 aromatic rings. The number of anilines is 1. The zero-order valence-corrected chi connectivity index (χ0v) is 13.3. The number of carbonyl (C=O) groups is 2. The highest BCUT2D eigenvalue weighted by Gasteiger charge is 2.31. The number of aromatic nitrogens is 1. The Bertz CT molecular complexity index is 523. The van der Waals surface area contributed by atoms with Crippen LogP contribution in [0.3, 0.4) is 0 Å². The average Bonchev–Trinajstić information content (AvgIpc) is 2.81. The Morgan fingerprint density at radius 2 is 2.05 bits per heavy atom. The number of hydrogen-bond donors (Lipinski definition) is 1. The van der Waals surface area contributed by atoms with Crippen LogP contribution in [0.15, 0.2) is 0 Å². The quantitative estimate of drug-likeness (QED) is 0.616. The number of hydrogen-bond acceptors (Lipinski definition) is 7. The van der Waals surface area contributed by atoms with Gasteiger partial charge in [0.15, 0.2) is 16.6 Å². The number of carbonyl (C=O) groups excluding carboxylic acids is 2. The SMILES string of the molecule is CCOC(=O)c1nc(NC2CC(OCC)C2)sc1C(C)=O. The molecule has 0 atom stereocenters. The van der Waals surface area contributed by atoms with Crippen molar-refractivity contribution in [2.24, 2.45) is 0 Å². The third kappa shape index (κ3) is 3.79. The van der Waals surface area contributed by atoms with Gasteiger partial charge in [-0.25, -0.2) is 9.78 Å². The van der Waals surface area contributed by atoms with Gasteiger partial charge in [-0.15, -0.1) is 0 Å². The molecule has 1 aromatic heterocycles. The highest BCUT2D eigenvalue weighted by atomic mass is 32.1. The first-order valence-corrected chi connectivity index (χ1v) is 7.93. The lowest BCUT2D eigenvalue weighted by molar-refractivity contribution is 0.00297. The van der Waals surface area contributed by atoms with Crippen LogP contribution in [-0.4, -0.2) is 42.1 Å². The number of ether oxygens (including phenoxy) is 2. The first-order chi connectivity index (χ1) is 10.0. The van der Waals surface area contributed by atoms with E-state index in [1.165, 1.54) is 18.3 Å². The zero-order valence-electron chi connectivity index (χ0n) is 12.5. The molecule has 116 valence electrons. The van der Waals surface area contributed by atoms with Gasteiger partial charge < -0.3 is 14.8 Å². The first-order valence-electron chi connectivity index (χ1n) is 7.12. The van der Waals surface area contributed by atoms with Gasteiger partial charge in [0.05, 0.1) is 12.7 Å². The number of nitrogens with zero attached hydrogens (tertiary/aromatic N) is 1. The van der Waals surface area contributed by atoms with Crippen LogP contribution in [0.4, 0.5) is 5.13 Å². The summed E-state index contributed by atoms with van der Waals surface area (Å²) in [6.07, 6.45) is 2.12. The van der Waals surface area contributed by atoms with Crippen LogP contribution in [0, 0.1) is 0 Å². The molecule has 0 bridgehead atoms. The van der Waals surface area contributed by atoms with E-state index in [-0.39, 0.29) is 24.1 Å². The fraction of sp³-hybridized carbons (Fsp3) is 0.643. The van der Waals surface area contributed by atoms with Crippen molar-refractivity contribution in [3.05, 3.63) is 10.6 Å². The van der Waals surface area contributed by atoms with Gasteiger partial charge in [0.1, 0.15) is 4.88 Å². The molecule has 0 aliphatic heterocycles. The van der Waals surface area contributed by atoms with Crippen LogP contribution in [-0.2, 0) is 9.47 Å². The van der Waals surface area contributed by atoms with Gasteiger partial charge in [-0.2, -0.15) is 0 Å². The molecular formula is C14H20N2O4S. The lowest BCUT2D eigenvalue weighted by atomic mass is 9.89. The van der Waals surface area contributed by atoms with E-state index in [4.69, 9.17) is 9.47 Å². The largest absolute Gasteiger partial charge is 0.461 e. The van der Waals surface area contributed by atoms with E-state index >= 15 is 0 Å². The number of thiazole rings is 1. The first kappa shape index (κ1) is 15.9.